The summed E-state index contributed by atoms with van der Waals surface area (Å²) in [4.78, 5) is 12.8. The van der Waals surface area contributed by atoms with E-state index in [9.17, 15) is 0 Å². The van der Waals surface area contributed by atoms with Gasteiger partial charge in [-0.05, 0) is 56.0 Å². The van der Waals surface area contributed by atoms with Gasteiger partial charge in [0.05, 0.1) is 10.7 Å². The van der Waals surface area contributed by atoms with Gasteiger partial charge in [-0.25, -0.2) is 0 Å². The van der Waals surface area contributed by atoms with Crippen molar-refractivity contribution in [2.24, 2.45) is 9.98 Å². The Bertz CT molecular complexity index is 1040. The van der Waals surface area contributed by atoms with E-state index in [1.165, 1.54) is 0 Å². The van der Waals surface area contributed by atoms with E-state index >= 15 is 0 Å². The number of aromatic nitrogens is 1. The van der Waals surface area contributed by atoms with Crippen molar-refractivity contribution in [2.45, 2.75) is 41.5 Å². The van der Waals surface area contributed by atoms with Crippen LogP contribution in [0.25, 0.3) is 0 Å². The minimum Gasteiger partial charge on any atom is -1.00 e. The van der Waals surface area contributed by atoms with Crippen LogP contribution in [0.15, 0.2) is 58.8 Å². The zero-order chi connectivity index (χ0) is 22.3. The number of pyridine rings is 1. The summed E-state index contributed by atoms with van der Waals surface area (Å²) in [7, 11) is 0. The van der Waals surface area contributed by atoms with Crippen LogP contribution in [0.1, 0.15) is 41.7 Å². The third-order valence-corrected chi connectivity index (χ3v) is 4.96. The molecule has 0 aliphatic rings. The van der Waals surface area contributed by atoms with Crippen molar-refractivity contribution >= 4 is 46.5 Å². The molecule has 0 saturated carbocycles. The first-order chi connectivity index (χ1) is 14.2. The monoisotopic (exact) mass is 564 g/mol. The fourth-order valence-corrected chi connectivity index (χ4v) is 3.75. The molecule has 3 rings (SSSR count). The summed E-state index contributed by atoms with van der Waals surface area (Å²) in [5.41, 5.74) is 8.07. The molecule has 0 amide bonds. The standard InChI is InChI=1S/C15H15ClN2.C10H11ClN.2ClH.Fe/c1-10-7-11(2)15(14(16)8-10)18-12(3)13-5-4-6-17-9-13;1-4-12-10-8(3)5-7(2)6-9(10)11;;;/h4-9H,1-3H3;5-6H,1-3H3;2*1H;/q;-1;;;+3/p-2. The summed E-state index contributed by atoms with van der Waals surface area (Å²) in [6, 6.07) is 11.9. The maximum Gasteiger partial charge on any atom is 3.00 e. The normalized spacial score (nSPS) is 10.4. The molecule has 0 unspecified atom stereocenters. The van der Waals surface area contributed by atoms with Crippen LogP contribution in [-0.2, 0) is 17.1 Å². The molecule has 3 aromatic rings. The van der Waals surface area contributed by atoms with Gasteiger partial charge in [-0.3, -0.25) is 9.98 Å². The van der Waals surface area contributed by atoms with E-state index in [4.69, 9.17) is 23.2 Å². The predicted octanol–water partition coefficient (Wildman–Crippen LogP) is 2.05. The zero-order valence-electron chi connectivity index (χ0n) is 19.3. The Hall–Kier alpha value is -1.39. The molecule has 3 nitrogen and oxygen atoms in total. The number of benzene rings is 2. The molecule has 1 radical (unpaired) electrons. The topological polar surface area (TPSA) is 37.6 Å². The van der Waals surface area contributed by atoms with E-state index in [0.717, 1.165) is 44.9 Å². The molecule has 0 bridgehead atoms. The Morgan fingerprint density at radius 2 is 1.39 bits per heavy atom. The summed E-state index contributed by atoms with van der Waals surface area (Å²) in [6.07, 6.45) is 6.28. The third-order valence-electron chi connectivity index (χ3n) is 4.38. The van der Waals surface area contributed by atoms with Crippen molar-refractivity contribution in [1.82, 2.24) is 4.98 Å². The number of halogens is 4. The Morgan fingerprint density at radius 3 is 1.82 bits per heavy atom. The largest absolute Gasteiger partial charge is 3.00 e. The summed E-state index contributed by atoms with van der Waals surface area (Å²) < 4.78 is 0. The van der Waals surface area contributed by atoms with Gasteiger partial charge >= 0.3 is 17.1 Å². The zero-order valence-corrected chi connectivity index (χ0v) is 23.5. The minimum atomic E-state index is 0. The molecule has 0 saturated heterocycles. The molecule has 0 atom stereocenters. The maximum atomic E-state index is 6.24. The Balaban J connectivity index is 0. The smallest absolute Gasteiger partial charge is 1.00 e. The van der Waals surface area contributed by atoms with Crippen LogP contribution in [0.2, 0.25) is 10.0 Å². The number of hydrogen-bond acceptors (Lipinski definition) is 3. The Morgan fingerprint density at radius 1 is 0.879 bits per heavy atom. The van der Waals surface area contributed by atoms with Crippen LogP contribution in [0, 0.1) is 27.7 Å². The van der Waals surface area contributed by atoms with Gasteiger partial charge in [-0.1, -0.05) is 54.0 Å². The average Bonchev–Trinajstić information content (AvgIpc) is 2.68. The second kappa shape index (κ2) is 16.3. The molecule has 33 heavy (non-hydrogen) atoms. The van der Waals surface area contributed by atoms with Crippen LogP contribution in [0.3, 0.4) is 0 Å². The van der Waals surface area contributed by atoms with Gasteiger partial charge in [0.2, 0.25) is 0 Å². The van der Waals surface area contributed by atoms with Crippen LogP contribution in [0.5, 0.6) is 0 Å². The fourth-order valence-electron chi connectivity index (χ4n) is 3.02. The molecule has 0 aliphatic carbocycles. The van der Waals surface area contributed by atoms with Crippen molar-refractivity contribution in [2.75, 3.05) is 0 Å². The number of hydrogen-bond donors (Lipinski definition) is 0. The molecule has 0 N–H and O–H groups in total. The summed E-state index contributed by atoms with van der Waals surface area (Å²) in [5.74, 6) is 0. The number of aryl methyl sites for hydroxylation is 4. The van der Waals surface area contributed by atoms with E-state index < -0.39 is 0 Å². The molecule has 8 heteroatoms. The summed E-state index contributed by atoms with van der Waals surface area (Å²) >= 11 is 12.2. The van der Waals surface area contributed by atoms with Gasteiger partial charge in [-0.2, -0.15) is 6.21 Å². The number of aliphatic imine (C=N–C) groups is 2. The molecular formula is C25H26Cl4FeN3. The Labute approximate surface area is 230 Å². The summed E-state index contributed by atoms with van der Waals surface area (Å²) in [5, 5.41) is 1.39. The molecule has 1 aromatic heterocycles. The van der Waals surface area contributed by atoms with E-state index in [1.54, 1.807) is 19.3 Å². The molecule has 0 aliphatic heterocycles. The number of rotatable bonds is 3. The maximum absolute atomic E-state index is 6.24. The fraction of sp³-hybridized carbons (Fsp3) is 0.240. The van der Waals surface area contributed by atoms with Crippen molar-refractivity contribution in [3.05, 3.63) is 86.7 Å². The van der Waals surface area contributed by atoms with Gasteiger partial charge in [0.25, 0.3) is 0 Å². The molecule has 0 fully saturated rings. The van der Waals surface area contributed by atoms with Crippen LogP contribution < -0.4 is 24.8 Å². The second-order valence-corrected chi connectivity index (χ2v) is 7.91. The average molecular weight is 566 g/mol. The van der Waals surface area contributed by atoms with E-state index in [-0.39, 0.29) is 41.9 Å². The SMILES string of the molecule is CC(=Nc1c(C)cc(C)cc1Cl)c1cccnc1.C[C-]=Nc1c(C)cc(C)cc1Cl.[Cl-].[Cl-].[Fe+3]. The first-order valence-electron chi connectivity index (χ1n) is 9.59. The third kappa shape index (κ3) is 10.2. The molecule has 2 aromatic carbocycles. The van der Waals surface area contributed by atoms with Crippen molar-refractivity contribution in [3.8, 4) is 0 Å². The quantitative estimate of drug-likeness (QED) is 0.272. The van der Waals surface area contributed by atoms with Crippen molar-refractivity contribution in [1.29, 1.82) is 0 Å². The van der Waals surface area contributed by atoms with Crippen LogP contribution in [-0.4, -0.2) is 16.9 Å². The molecule has 177 valence electrons. The second-order valence-electron chi connectivity index (χ2n) is 7.10. The van der Waals surface area contributed by atoms with Crippen LogP contribution >= 0.6 is 23.2 Å². The van der Waals surface area contributed by atoms with Crippen LogP contribution in [0.4, 0.5) is 11.4 Å². The van der Waals surface area contributed by atoms with E-state index in [0.29, 0.717) is 10.0 Å². The summed E-state index contributed by atoms with van der Waals surface area (Å²) in [6.45, 7) is 11.8. The molecule has 1 heterocycles. The first-order valence-corrected chi connectivity index (χ1v) is 10.3. The minimum absolute atomic E-state index is 0. The molecule has 0 spiro atoms. The predicted molar refractivity (Wildman–Crippen MR) is 131 cm³/mol. The van der Waals surface area contributed by atoms with Gasteiger partial charge in [0, 0.05) is 23.7 Å². The Kier molecular flexibility index (Phi) is 16.7. The van der Waals surface area contributed by atoms with Gasteiger partial charge in [-0.15, -0.1) is 24.1 Å². The van der Waals surface area contributed by atoms with Crippen molar-refractivity contribution < 1.29 is 41.9 Å². The van der Waals surface area contributed by atoms with E-state index in [1.807, 2.05) is 58.9 Å². The number of nitrogens with zero attached hydrogens (tertiary/aromatic N) is 3. The van der Waals surface area contributed by atoms with Gasteiger partial charge in [0.15, 0.2) is 0 Å². The molecular weight excluding hydrogens is 540 g/mol. The van der Waals surface area contributed by atoms with Crippen molar-refractivity contribution in [3.63, 3.8) is 0 Å². The van der Waals surface area contributed by atoms with Gasteiger partial charge in [0.1, 0.15) is 0 Å². The van der Waals surface area contributed by atoms with E-state index in [2.05, 4.69) is 33.3 Å². The van der Waals surface area contributed by atoms with Gasteiger partial charge < -0.3 is 29.8 Å². The first kappa shape index (κ1) is 33.8.